The van der Waals surface area contributed by atoms with E-state index in [4.69, 9.17) is 0 Å². The van der Waals surface area contributed by atoms with Crippen LogP contribution in [0.3, 0.4) is 0 Å². The summed E-state index contributed by atoms with van der Waals surface area (Å²) in [6, 6.07) is 1.47. The number of rotatable bonds is 7. The molecule has 0 aliphatic heterocycles. The number of fused-ring (bicyclic) bond motifs is 2. The van der Waals surface area contributed by atoms with Gasteiger partial charge in [0.05, 0.1) is 17.5 Å². The molecule has 0 spiro atoms. The molecule has 2 amide bonds. The molecule has 0 radical (unpaired) electrons. The number of benzene rings is 1. The van der Waals surface area contributed by atoms with Crippen molar-refractivity contribution in [1.82, 2.24) is 14.9 Å². The third kappa shape index (κ3) is 4.69. The molecule has 0 unspecified atom stereocenters. The molecule has 10 heteroatoms. The molecule has 168 valence electrons. The van der Waals surface area contributed by atoms with Gasteiger partial charge in [0, 0.05) is 18.4 Å². The number of anilines is 2. The fourth-order valence-corrected chi connectivity index (χ4v) is 5.53. The van der Waals surface area contributed by atoms with Crippen LogP contribution in [0.1, 0.15) is 55.4 Å². The van der Waals surface area contributed by atoms with Crippen LogP contribution < -0.4 is 14.3 Å². The monoisotopic (exact) mass is 447 g/mol. The topological polar surface area (TPSA) is 127 Å². The highest BCUT2D eigenvalue weighted by atomic mass is 32.2. The molecule has 4 rings (SSSR count). The van der Waals surface area contributed by atoms with Crippen molar-refractivity contribution in [2.75, 3.05) is 16.2 Å². The van der Waals surface area contributed by atoms with Gasteiger partial charge in [0.15, 0.2) is 0 Å². The first-order valence-electron chi connectivity index (χ1n) is 10.6. The average Bonchev–Trinajstić information content (AvgIpc) is 3.41. The summed E-state index contributed by atoms with van der Waals surface area (Å²) in [6.45, 7) is 3.19. The van der Waals surface area contributed by atoms with Gasteiger partial charge >= 0.3 is 16.2 Å². The minimum atomic E-state index is -4.22. The fourth-order valence-electron chi connectivity index (χ4n) is 4.42. The number of nitrogens with one attached hydrogen (secondary N) is 3. The Morgan fingerprint density at radius 2 is 1.84 bits per heavy atom. The Labute approximate surface area is 182 Å². The number of nitrogens with zero attached hydrogens (tertiary/aromatic N) is 2. The predicted molar refractivity (Wildman–Crippen MR) is 118 cm³/mol. The summed E-state index contributed by atoms with van der Waals surface area (Å²) < 4.78 is 29.3. The summed E-state index contributed by atoms with van der Waals surface area (Å²) in [5.74, 6) is 0. The smallest absolute Gasteiger partial charge is 0.334 e. The highest BCUT2D eigenvalue weighted by Gasteiger charge is 2.29. The van der Waals surface area contributed by atoms with Crippen LogP contribution in [0.15, 0.2) is 18.5 Å². The van der Waals surface area contributed by atoms with Crippen LogP contribution in [0, 0.1) is 0 Å². The van der Waals surface area contributed by atoms with E-state index in [1.807, 2.05) is 0 Å². The Morgan fingerprint density at radius 3 is 2.39 bits per heavy atom. The fraction of sp³-hybridized carbons (Fsp3) is 0.524. The van der Waals surface area contributed by atoms with Crippen LogP contribution in [0.2, 0.25) is 0 Å². The van der Waals surface area contributed by atoms with Gasteiger partial charge < -0.3 is 10.4 Å². The Morgan fingerprint density at radius 1 is 1.19 bits per heavy atom. The van der Waals surface area contributed by atoms with E-state index >= 15 is 0 Å². The second kappa shape index (κ2) is 8.16. The molecular weight excluding hydrogens is 418 g/mol. The lowest BCUT2D eigenvalue weighted by molar-refractivity contribution is 0.0740. The molecular formula is C21H29N5O4S. The third-order valence-corrected chi connectivity index (χ3v) is 7.34. The molecule has 0 fully saturated rings. The summed E-state index contributed by atoms with van der Waals surface area (Å²) in [5, 5.41) is 19.3. The summed E-state index contributed by atoms with van der Waals surface area (Å²) in [6.07, 6.45) is 8.80. The molecule has 9 nitrogen and oxygen atoms in total. The van der Waals surface area contributed by atoms with Gasteiger partial charge in [0.1, 0.15) is 0 Å². The second-order valence-corrected chi connectivity index (χ2v) is 10.5. The third-order valence-electron chi connectivity index (χ3n) is 5.92. The molecule has 0 saturated heterocycles. The van der Waals surface area contributed by atoms with E-state index < -0.39 is 21.8 Å². The summed E-state index contributed by atoms with van der Waals surface area (Å²) in [4.78, 5) is 12.8. The van der Waals surface area contributed by atoms with Gasteiger partial charge in [-0.05, 0) is 81.0 Å². The van der Waals surface area contributed by atoms with E-state index in [2.05, 4.69) is 26.3 Å². The van der Waals surface area contributed by atoms with E-state index in [0.717, 1.165) is 59.6 Å². The van der Waals surface area contributed by atoms with Crippen LogP contribution in [0.4, 0.5) is 16.2 Å². The number of aromatic nitrogens is 2. The molecule has 2 aliphatic rings. The molecule has 1 aromatic carbocycles. The molecule has 2 aromatic rings. The first-order valence-corrected chi connectivity index (χ1v) is 12.1. The maximum absolute atomic E-state index is 13.0. The van der Waals surface area contributed by atoms with Gasteiger partial charge in [-0.1, -0.05) is 6.07 Å². The number of H-pyrrole nitrogens is 1. The number of hydrogen-bond donors (Lipinski definition) is 4. The predicted octanol–water partition coefficient (Wildman–Crippen LogP) is 2.42. The minimum absolute atomic E-state index is 0.0121. The number of carbonyl (C=O) groups is 1. The molecule has 4 N–H and O–H groups in total. The lowest BCUT2D eigenvalue weighted by atomic mass is 9.99. The molecule has 0 saturated carbocycles. The van der Waals surface area contributed by atoms with E-state index in [1.165, 1.54) is 23.5 Å². The van der Waals surface area contributed by atoms with Crippen LogP contribution in [0.25, 0.3) is 0 Å². The standard InChI is InChI=1S/C21H29N5O4S/c1-21(2,28)9-10-26(16-12-22-23-13-16)31(29,30)25-20(27)24-19-17-7-3-5-14(17)11-15-6-4-8-18(15)19/h11-13,28H,3-10H2,1-2H3,(H,22,23)(H2,24,25,27). The van der Waals surface area contributed by atoms with E-state index in [0.29, 0.717) is 0 Å². The number of aryl methyl sites for hydroxylation is 2. The highest BCUT2D eigenvalue weighted by molar-refractivity contribution is 7.91. The van der Waals surface area contributed by atoms with Crippen molar-refractivity contribution >= 4 is 27.6 Å². The summed E-state index contributed by atoms with van der Waals surface area (Å²) >= 11 is 0. The molecule has 0 bridgehead atoms. The Bertz CT molecular complexity index is 1040. The zero-order chi connectivity index (χ0) is 22.2. The Balaban J connectivity index is 1.55. The normalized spacial score (nSPS) is 15.5. The van der Waals surface area contributed by atoms with Crippen molar-refractivity contribution in [3.8, 4) is 0 Å². The largest absolute Gasteiger partial charge is 0.390 e. The van der Waals surface area contributed by atoms with Crippen LogP contribution in [0.5, 0.6) is 0 Å². The van der Waals surface area contributed by atoms with Crippen molar-refractivity contribution < 1.29 is 18.3 Å². The van der Waals surface area contributed by atoms with Gasteiger partial charge in [0.25, 0.3) is 0 Å². The first kappa shape index (κ1) is 21.6. The van der Waals surface area contributed by atoms with Gasteiger partial charge in [-0.2, -0.15) is 13.5 Å². The number of hydrogen-bond acceptors (Lipinski definition) is 5. The van der Waals surface area contributed by atoms with Crippen molar-refractivity contribution in [2.45, 2.75) is 64.4 Å². The lowest BCUT2D eigenvalue weighted by Crippen LogP contribution is -2.46. The average molecular weight is 448 g/mol. The van der Waals surface area contributed by atoms with Crippen molar-refractivity contribution in [1.29, 1.82) is 0 Å². The van der Waals surface area contributed by atoms with Crippen LogP contribution in [-0.2, 0) is 35.9 Å². The zero-order valence-corrected chi connectivity index (χ0v) is 18.7. The van der Waals surface area contributed by atoms with Gasteiger partial charge in [-0.25, -0.2) is 9.52 Å². The van der Waals surface area contributed by atoms with Crippen molar-refractivity contribution in [3.63, 3.8) is 0 Å². The van der Waals surface area contributed by atoms with Crippen LogP contribution >= 0.6 is 0 Å². The van der Waals surface area contributed by atoms with E-state index in [9.17, 15) is 18.3 Å². The van der Waals surface area contributed by atoms with E-state index in [1.54, 1.807) is 13.8 Å². The minimum Gasteiger partial charge on any atom is -0.390 e. The number of aliphatic hydroxyl groups is 1. The molecule has 1 heterocycles. The highest BCUT2D eigenvalue weighted by Crippen LogP contribution is 2.38. The zero-order valence-electron chi connectivity index (χ0n) is 17.9. The number of urea groups is 1. The molecule has 0 atom stereocenters. The van der Waals surface area contributed by atoms with Crippen LogP contribution in [-0.4, -0.2) is 41.9 Å². The molecule has 2 aliphatic carbocycles. The van der Waals surface area contributed by atoms with Gasteiger partial charge in [-0.15, -0.1) is 0 Å². The SMILES string of the molecule is CC(C)(O)CCN(c1cn[nH]c1)S(=O)(=O)NC(=O)Nc1c2c(cc3c1CCC3)CCC2. The van der Waals surface area contributed by atoms with Gasteiger partial charge in [0.2, 0.25) is 0 Å². The van der Waals surface area contributed by atoms with Crippen molar-refractivity contribution in [2.24, 2.45) is 0 Å². The Hall–Kier alpha value is -2.59. The van der Waals surface area contributed by atoms with E-state index in [-0.39, 0.29) is 18.7 Å². The number of aromatic amines is 1. The summed E-state index contributed by atoms with van der Waals surface area (Å²) in [5.41, 5.74) is 4.76. The maximum atomic E-state index is 13.0. The summed E-state index contributed by atoms with van der Waals surface area (Å²) in [7, 11) is -4.22. The molecule has 1 aromatic heterocycles. The van der Waals surface area contributed by atoms with Gasteiger partial charge in [-0.3, -0.25) is 9.40 Å². The number of carbonyl (C=O) groups excluding carboxylic acids is 1. The Kier molecular flexibility index (Phi) is 5.69. The quantitative estimate of drug-likeness (QED) is 0.518. The second-order valence-electron chi connectivity index (χ2n) is 8.89. The molecule has 31 heavy (non-hydrogen) atoms. The lowest BCUT2D eigenvalue weighted by Gasteiger charge is -2.26. The maximum Gasteiger partial charge on any atom is 0.334 e. The van der Waals surface area contributed by atoms with Crippen molar-refractivity contribution in [3.05, 3.63) is 40.7 Å². The number of amides is 2. The first-order chi connectivity index (χ1) is 14.6.